The summed E-state index contributed by atoms with van der Waals surface area (Å²) < 4.78 is 0. The molecule has 1 aromatic rings. The van der Waals surface area contributed by atoms with Gasteiger partial charge in [-0.2, -0.15) is 0 Å². The van der Waals surface area contributed by atoms with Crippen molar-refractivity contribution in [2.45, 2.75) is 44.2 Å². The van der Waals surface area contributed by atoms with Crippen LogP contribution in [0.4, 0.5) is 4.79 Å². The molecule has 1 aromatic carbocycles. The molecule has 23 heavy (non-hydrogen) atoms. The van der Waals surface area contributed by atoms with Gasteiger partial charge in [-0.15, -0.1) is 0 Å². The highest BCUT2D eigenvalue weighted by molar-refractivity contribution is 5.76. The van der Waals surface area contributed by atoms with Crippen molar-refractivity contribution in [3.05, 3.63) is 35.4 Å². The van der Waals surface area contributed by atoms with Crippen molar-refractivity contribution in [1.82, 2.24) is 14.7 Å². The minimum atomic E-state index is 0.228. The van der Waals surface area contributed by atoms with Crippen LogP contribution in [-0.4, -0.2) is 60.0 Å². The summed E-state index contributed by atoms with van der Waals surface area (Å²) in [4.78, 5) is 18.8. The molecule has 0 saturated carbocycles. The van der Waals surface area contributed by atoms with Crippen LogP contribution >= 0.6 is 0 Å². The van der Waals surface area contributed by atoms with Crippen molar-refractivity contribution in [3.8, 4) is 0 Å². The van der Waals surface area contributed by atoms with Crippen molar-refractivity contribution in [1.29, 1.82) is 0 Å². The third-order valence-electron chi connectivity index (χ3n) is 5.97. The summed E-state index contributed by atoms with van der Waals surface area (Å²) in [5.41, 5.74) is 3.09. The lowest BCUT2D eigenvalue weighted by Crippen LogP contribution is -2.47. The first-order valence-corrected chi connectivity index (χ1v) is 9.07. The van der Waals surface area contributed by atoms with E-state index >= 15 is 0 Å². The zero-order valence-electron chi connectivity index (χ0n) is 14.1. The number of amides is 2. The van der Waals surface area contributed by atoms with E-state index in [1.165, 1.54) is 19.3 Å². The molecular weight excluding hydrogens is 286 g/mol. The number of carbonyl (C=O) groups excluding carboxylic acids is 1. The van der Waals surface area contributed by atoms with Crippen LogP contribution in [0.5, 0.6) is 0 Å². The van der Waals surface area contributed by atoms with Crippen LogP contribution in [0.15, 0.2) is 24.3 Å². The molecule has 0 bridgehead atoms. The largest absolute Gasteiger partial charge is 0.326 e. The summed E-state index contributed by atoms with van der Waals surface area (Å²) in [7, 11) is 1.91. The molecular formula is C19H27N3O. The summed E-state index contributed by atoms with van der Waals surface area (Å²) in [5.74, 6) is 0. The molecule has 2 saturated heterocycles. The van der Waals surface area contributed by atoms with Gasteiger partial charge in [0, 0.05) is 45.3 Å². The van der Waals surface area contributed by atoms with Gasteiger partial charge in [0.1, 0.15) is 0 Å². The van der Waals surface area contributed by atoms with E-state index in [4.69, 9.17) is 0 Å². The van der Waals surface area contributed by atoms with Crippen LogP contribution in [-0.2, 0) is 6.42 Å². The van der Waals surface area contributed by atoms with Gasteiger partial charge in [0.25, 0.3) is 0 Å². The molecule has 4 heteroatoms. The number of likely N-dealkylation sites (N-methyl/N-ethyl adjacent to an activating group) is 1. The van der Waals surface area contributed by atoms with Gasteiger partial charge >= 0.3 is 6.03 Å². The van der Waals surface area contributed by atoms with E-state index in [-0.39, 0.29) is 6.03 Å². The molecule has 2 fully saturated rings. The Bertz CT molecular complexity index is 580. The molecule has 0 unspecified atom stereocenters. The molecule has 124 valence electrons. The fourth-order valence-corrected chi connectivity index (χ4v) is 4.62. The smallest absolute Gasteiger partial charge is 0.320 e. The van der Waals surface area contributed by atoms with E-state index in [9.17, 15) is 4.79 Å². The lowest BCUT2D eigenvalue weighted by molar-refractivity contribution is 0.0963. The Labute approximate surface area is 139 Å². The Morgan fingerprint density at radius 2 is 1.78 bits per heavy atom. The number of hydrogen-bond acceptors (Lipinski definition) is 2. The topological polar surface area (TPSA) is 26.8 Å². The van der Waals surface area contributed by atoms with E-state index in [2.05, 4.69) is 34.1 Å². The van der Waals surface area contributed by atoms with Crippen molar-refractivity contribution < 1.29 is 4.79 Å². The molecule has 2 heterocycles. The number of carbonyl (C=O) groups is 1. The molecule has 0 spiro atoms. The van der Waals surface area contributed by atoms with Crippen LogP contribution in [0.1, 0.15) is 42.9 Å². The quantitative estimate of drug-likeness (QED) is 0.839. The third kappa shape index (κ3) is 2.74. The number of aryl methyl sites for hydroxylation is 1. The number of benzene rings is 1. The SMILES string of the molecule is CN1CCN(C2CCN([C@@H]3CCCc4ccccc43)CC2)C1=O. The van der Waals surface area contributed by atoms with Crippen LogP contribution in [0.3, 0.4) is 0 Å². The fraction of sp³-hybridized carbons (Fsp3) is 0.632. The van der Waals surface area contributed by atoms with Gasteiger partial charge < -0.3 is 9.80 Å². The van der Waals surface area contributed by atoms with E-state index < -0.39 is 0 Å². The molecule has 1 atom stereocenters. The summed E-state index contributed by atoms with van der Waals surface area (Å²) in [6, 6.07) is 10.2. The van der Waals surface area contributed by atoms with E-state index in [1.807, 2.05) is 11.9 Å². The molecule has 2 aliphatic heterocycles. The minimum Gasteiger partial charge on any atom is -0.326 e. The summed E-state index contributed by atoms with van der Waals surface area (Å²) in [5, 5.41) is 0. The van der Waals surface area contributed by atoms with Crippen LogP contribution in [0.2, 0.25) is 0 Å². The Balaban J connectivity index is 1.42. The predicted octanol–water partition coefficient (Wildman–Crippen LogP) is 2.90. The van der Waals surface area contributed by atoms with Crippen molar-refractivity contribution in [2.24, 2.45) is 0 Å². The molecule has 0 radical (unpaired) electrons. The Morgan fingerprint density at radius 3 is 2.52 bits per heavy atom. The number of urea groups is 1. The van der Waals surface area contributed by atoms with Gasteiger partial charge in [0.2, 0.25) is 0 Å². The number of nitrogens with zero attached hydrogens (tertiary/aromatic N) is 3. The molecule has 2 amide bonds. The number of piperidine rings is 1. The monoisotopic (exact) mass is 313 g/mol. The van der Waals surface area contributed by atoms with Crippen LogP contribution < -0.4 is 0 Å². The predicted molar refractivity (Wildman–Crippen MR) is 91.4 cm³/mol. The highest BCUT2D eigenvalue weighted by Gasteiger charge is 2.35. The number of rotatable bonds is 2. The molecule has 3 aliphatic rings. The van der Waals surface area contributed by atoms with E-state index in [0.717, 1.165) is 39.0 Å². The summed E-state index contributed by atoms with van der Waals surface area (Å²) >= 11 is 0. The lowest BCUT2D eigenvalue weighted by Gasteiger charge is -2.42. The van der Waals surface area contributed by atoms with Crippen molar-refractivity contribution in [3.63, 3.8) is 0 Å². The minimum absolute atomic E-state index is 0.228. The van der Waals surface area contributed by atoms with Gasteiger partial charge in [0.15, 0.2) is 0 Å². The summed E-state index contributed by atoms with van der Waals surface area (Å²) in [6.45, 7) is 4.04. The van der Waals surface area contributed by atoms with E-state index in [0.29, 0.717) is 12.1 Å². The first kappa shape index (κ1) is 15.0. The average molecular weight is 313 g/mol. The third-order valence-corrected chi connectivity index (χ3v) is 5.97. The molecule has 1 aliphatic carbocycles. The Morgan fingerprint density at radius 1 is 1.00 bits per heavy atom. The van der Waals surface area contributed by atoms with Gasteiger partial charge in [0.05, 0.1) is 0 Å². The number of hydrogen-bond donors (Lipinski definition) is 0. The average Bonchev–Trinajstić information content (AvgIpc) is 2.94. The first-order valence-electron chi connectivity index (χ1n) is 9.07. The second kappa shape index (κ2) is 6.16. The maximum absolute atomic E-state index is 12.2. The van der Waals surface area contributed by atoms with Gasteiger partial charge in [-0.05, 0) is 43.2 Å². The molecule has 4 rings (SSSR count). The maximum Gasteiger partial charge on any atom is 0.320 e. The second-order valence-corrected chi connectivity index (χ2v) is 7.27. The zero-order valence-corrected chi connectivity index (χ0v) is 14.1. The number of likely N-dealkylation sites (tertiary alicyclic amines) is 1. The summed E-state index contributed by atoms with van der Waals surface area (Å²) in [6.07, 6.45) is 6.07. The highest BCUT2D eigenvalue weighted by atomic mass is 16.2. The van der Waals surface area contributed by atoms with Crippen molar-refractivity contribution in [2.75, 3.05) is 33.2 Å². The van der Waals surface area contributed by atoms with Crippen molar-refractivity contribution >= 4 is 6.03 Å². The second-order valence-electron chi connectivity index (χ2n) is 7.27. The van der Waals surface area contributed by atoms with Crippen LogP contribution in [0.25, 0.3) is 0 Å². The first-order chi connectivity index (χ1) is 11.2. The maximum atomic E-state index is 12.2. The number of fused-ring (bicyclic) bond motifs is 1. The molecule has 4 nitrogen and oxygen atoms in total. The fourth-order valence-electron chi connectivity index (χ4n) is 4.62. The van der Waals surface area contributed by atoms with Gasteiger partial charge in [-0.25, -0.2) is 4.79 Å². The standard InChI is InChI=1S/C19H27N3O/c1-20-13-14-22(19(20)23)16-9-11-21(12-10-16)18-8-4-6-15-5-2-3-7-17(15)18/h2-3,5,7,16,18H,4,6,8-14H2,1H3/t18-/m1/s1. The normalized spacial score (nSPS) is 26.7. The van der Waals surface area contributed by atoms with Gasteiger partial charge in [-0.1, -0.05) is 24.3 Å². The Hall–Kier alpha value is -1.55. The van der Waals surface area contributed by atoms with Crippen LogP contribution in [0, 0.1) is 0 Å². The highest BCUT2D eigenvalue weighted by Crippen LogP contribution is 2.36. The lowest BCUT2D eigenvalue weighted by atomic mass is 9.85. The van der Waals surface area contributed by atoms with E-state index in [1.54, 1.807) is 11.1 Å². The molecule has 0 N–H and O–H groups in total. The van der Waals surface area contributed by atoms with Gasteiger partial charge in [-0.3, -0.25) is 4.90 Å². The Kier molecular flexibility index (Phi) is 4.02. The zero-order chi connectivity index (χ0) is 15.8. The molecule has 0 aromatic heterocycles.